The van der Waals surface area contributed by atoms with Gasteiger partial charge in [-0.2, -0.15) is 0 Å². The molecule has 1 unspecified atom stereocenters. The summed E-state index contributed by atoms with van der Waals surface area (Å²) >= 11 is 2.95. The van der Waals surface area contributed by atoms with Gasteiger partial charge in [0.05, 0.1) is 23.1 Å². The predicted octanol–water partition coefficient (Wildman–Crippen LogP) is 3.28. The Morgan fingerprint density at radius 3 is 2.96 bits per heavy atom. The average molecular weight is 380 g/mol. The summed E-state index contributed by atoms with van der Waals surface area (Å²) in [4.78, 5) is 31.7. The van der Waals surface area contributed by atoms with Crippen molar-refractivity contribution in [1.29, 1.82) is 0 Å². The highest BCUT2D eigenvalue weighted by Gasteiger charge is 2.26. The molecule has 2 aromatic rings. The fraction of sp³-hybridized carbons (Fsp3) is 0.471. The van der Waals surface area contributed by atoms with E-state index in [4.69, 9.17) is 9.84 Å². The second-order valence-electron chi connectivity index (χ2n) is 5.94. The van der Waals surface area contributed by atoms with Crippen molar-refractivity contribution in [2.45, 2.75) is 32.3 Å². The maximum absolute atomic E-state index is 13.0. The molecular formula is C17H20N2O4S2. The van der Waals surface area contributed by atoms with Gasteiger partial charge in [-0.3, -0.25) is 9.59 Å². The first kappa shape index (κ1) is 18.0. The minimum atomic E-state index is -0.912. The molecule has 3 heterocycles. The molecule has 0 saturated carbocycles. The zero-order valence-corrected chi connectivity index (χ0v) is 15.6. The maximum atomic E-state index is 13.0. The van der Waals surface area contributed by atoms with Crippen LogP contribution in [0.15, 0.2) is 17.5 Å². The summed E-state index contributed by atoms with van der Waals surface area (Å²) in [6.45, 7) is 3.13. The van der Waals surface area contributed by atoms with Crippen LogP contribution >= 0.6 is 22.7 Å². The first-order chi connectivity index (χ1) is 12.0. The lowest BCUT2D eigenvalue weighted by Gasteiger charge is -2.24. The number of nitrogens with zero attached hydrogens (tertiary/aromatic N) is 2. The van der Waals surface area contributed by atoms with Gasteiger partial charge in [0.2, 0.25) is 0 Å². The number of thiophene rings is 1. The summed E-state index contributed by atoms with van der Waals surface area (Å²) in [5.74, 6) is -1.07. The van der Waals surface area contributed by atoms with E-state index < -0.39 is 5.97 Å². The molecule has 1 aliphatic rings. The van der Waals surface area contributed by atoms with E-state index in [1.165, 1.54) is 11.3 Å². The molecule has 1 fully saturated rings. The molecule has 0 spiro atoms. The zero-order valence-electron chi connectivity index (χ0n) is 13.9. The molecule has 1 atom stereocenters. The second kappa shape index (κ2) is 8.07. The van der Waals surface area contributed by atoms with Crippen molar-refractivity contribution < 1.29 is 19.4 Å². The lowest BCUT2D eigenvalue weighted by Crippen LogP contribution is -2.38. The Bertz CT molecular complexity index is 736. The minimum absolute atomic E-state index is 0.0114. The van der Waals surface area contributed by atoms with E-state index in [1.807, 2.05) is 24.4 Å². The molecule has 134 valence electrons. The van der Waals surface area contributed by atoms with E-state index in [0.717, 1.165) is 22.7 Å². The van der Waals surface area contributed by atoms with Crippen LogP contribution in [0.4, 0.5) is 0 Å². The summed E-state index contributed by atoms with van der Waals surface area (Å²) in [7, 11) is 0. The van der Waals surface area contributed by atoms with Crippen LogP contribution in [0.1, 0.15) is 34.6 Å². The number of carbonyl (C=O) groups excluding carboxylic acids is 1. The number of ether oxygens (including phenoxy) is 1. The van der Waals surface area contributed by atoms with Gasteiger partial charge in [0.15, 0.2) is 0 Å². The standard InChI is InChI=1S/C17H20N2O4S2/c1-11-15(25-16(18-11)13-5-3-9-24-13)17(22)19(7-6-14(20)21)10-12-4-2-8-23-12/h3,5,9,12H,2,4,6-8,10H2,1H3,(H,20,21). The minimum Gasteiger partial charge on any atom is -0.481 e. The molecule has 2 aromatic heterocycles. The summed E-state index contributed by atoms with van der Waals surface area (Å²) in [5, 5.41) is 11.8. The monoisotopic (exact) mass is 380 g/mol. The van der Waals surface area contributed by atoms with Crippen LogP contribution in [0.25, 0.3) is 9.88 Å². The molecular weight excluding hydrogens is 360 g/mol. The molecule has 8 heteroatoms. The molecule has 6 nitrogen and oxygen atoms in total. The second-order valence-corrected chi connectivity index (χ2v) is 7.89. The maximum Gasteiger partial charge on any atom is 0.305 e. The smallest absolute Gasteiger partial charge is 0.305 e. The number of rotatable bonds is 7. The summed E-state index contributed by atoms with van der Waals surface area (Å²) in [6, 6.07) is 3.93. The molecule has 0 aliphatic carbocycles. The van der Waals surface area contributed by atoms with Crippen LogP contribution in [0.2, 0.25) is 0 Å². The van der Waals surface area contributed by atoms with Crippen molar-refractivity contribution in [3.05, 3.63) is 28.1 Å². The number of thiazole rings is 1. The van der Waals surface area contributed by atoms with Crippen LogP contribution in [0.3, 0.4) is 0 Å². The van der Waals surface area contributed by atoms with Crippen molar-refractivity contribution in [1.82, 2.24) is 9.88 Å². The van der Waals surface area contributed by atoms with Gasteiger partial charge in [-0.15, -0.1) is 22.7 Å². The van der Waals surface area contributed by atoms with Crippen molar-refractivity contribution in [3.8, 4) is 9.88 Å². The number of aryl methyl sites for hydroxylation is 1. The molecule has 0 bridgehead atoms. The first-order valence-corrected chi connectivity index (χ1v) is 9.88. The highest BCUT2D eigenvalue weighted by atomic mass is 32.1. The number of aliphatic carboxylic acids is 1. The average Bonchev–Trinajstić information content (AvgIpc) is 3.31. The van der Waals surface area contributed by atoms with E-state index in [-0.39, 0.29) is 25.0 Å². The Morgan fingerprint density at radius 2 is 2.32 bits per heavy atom. The third-order valence-electron chi connectivity index (χ3n) is 4.05. The summed E-state index contributed by atoms with van der Waals surface area (Å²) < 4.78 is 5.62. The normalized spacial score (nSPS) is 16.9. The van der Waals surface area contributed by atoms with E-state index in [9.17, 15) is 9.59 Å². The Hall–Kier alpha value is -1.77. The first-order valence-electron chi connectivity index (χ1n) is 8.18. The molecule has 3 rings (SSSR count). The number of carboxylic acid groups (broad SMARTS) is 1. The van der Waals surface area contributed by atoms with Crippen LogP contribution in [0, 0.1) is 6.92 Å². The van der Waals surface area contributed by atoms with E-state index in [1.54, 1.807) is 16.2 Å². The lowest BCUT2D eigenvalue weighted by atomic mass is 10.2. The Kier molecular flexibility index (Phi) is 5.82. The van der Waals surface area contributed by atoms with Crippen molar-refractivity contribution in [3.63, 3.8) is 0 Å². The molecule has 1 aliphatic heterocycles. The van der Waals surface area contributed by atoms with Crippen LogP contribution in [-0.4, -0.2) is 52.7 Å². The van der Waals surface area contributed by atoms with E-state index in [0.29, 0.717) is 23.7 Å². The predicted molar refractivity (Wildman–Crippen MR) is 97.3 cm³/mol. The molecule has 1 N–H and O–H groups in total. The summed E-state index contributed by atoms with van der Waals surface area (Å²) in [5.41, 5.74) is 0.686. The van der Waals surface area contributed by atoms with Crippen LogP contribution in [0.5, 0.6) is 0 Å². The van der Waals surface area contributed by atoms with Gasteiger partial charge in [-0.1, -0.05) is 6.07 Å². The molecule has 1 saturated heterocycles. The van der Waals surface area contributed by atoms with Crippen molar-refractivity contribution in [2.75, 3.05) is 19.7 Å². The van der Waals surface area contributed by atoms with Crippen molar-refractivity contribution in [2.24, 2.45) is 0 Å². The largest absolute Gasteiger partial charge is 0.481 e. The number of amides is 1. The zero-order chi connectivity index (χ0) is 17.8. The molecule has 0 radical (unpaired) electrons. The van der Waals surface area contributed by atoms with Crippen LogP contribution in [-0.2, 0) is 9.53 Å². The third kappa shape index (κ3) is 4.45. The van der Waals surface area contributed by atoms with Gasteiger partial charge in [0, 0.05) is 19.7 Å². The molecule has 1 amide bonds. The van der Waals surface area contributed by atoms with Gasteiger partial charge in [-0.05, 0) is 31.2 Å². The number of hydrogen-bond donors (Lipinski definition) is 1. The topological polar surface area (TPSA) is 79.7 Å². The Balaban J connectivity index is 1.79. The van der Waals surface area contributed by atoms with E-state index >= 15 is 0 Å². The van der Waals surface area contributed by atoms with Gasteiger partial charge in [0.25, 0.3) is 5.91 Å². The van der Waals surface area contributed by atoms with Gasteiger partial charge >= 0.3 is 5.97 Å². The van der Waals surface area contributed by atoms with Gasteiger partial charge < -0.3 is 14.7 Å². The number of carboxylic acids is 1. The Morgan fingerprint density at radius 1 is 1.48 bits per heavy atom. The fourth-order valence-electron chi connectivity index (χ4n) is 2.78. The number of aromatic nitrogens is 1. The highest BCUT2D eigenvalue weighted by Crippen LogP contribution is 2.32. The van der Waals surface area contributed by atoms with Gasteiger partial charge in [-0.25, -0.2) is 4.98 Å². The van der Waals surface area contributed by atoms with E-state index in [2.05, 4.69) is 4.98 Å². The number of hydrogen-bond acceptors (Lipinski definition) is 6. The quantitative estimate of drug-likeness (QED) is 0.797. The highest BCUT2D eigenvalue weighted by molar-refractivity contribution is 7.22. The van der Waals surface area contributed by atoms with Crippen LogP contribution < -0.4 is 0 Å². The van der Waals surface area contributed by atoms with Gasteiger partial charge in [0.1, 0.15) is 9.88 Å². The Labute approximate surface area is 154 Å². The SMILES string of the molecule is Cc1nc(-c2cccs2)sc1C(=O)N(CCC(=O)O)CC1CCCO1. The fourth-order valence-corrected chi connectivity index (χ4v) is 4.62. The molecule has 25 heavy (non-hydrogen) atoms. The summed E-state index contributed by atoms with van der Waals surface area (Å²) in [6.07, 6.45) is 1.79. The van der Waals surface area contributed by atoms with Crippen molar-refractivity contribution >= 4 is 34.6 Å². The number of carbonyl (C=O) groups is 2. The molecule has 0 aromatic carbocycles. The lowest BCUT2D eigenvalue weighted by molar-refractivity contribution is -0.137. The third-order valence-corrected chi connectivity index (χ3v) is 6.24.